The molecule has 4 rings (SSSR count). The predicted molar refractivity (Wildman–Crippen MR) is 120 cm³/mol. The lowest BCUT2D eigenvalue weighted by Gasteiger charge is -2.27. The Kier molecular flexibility index (Phi) is 5.97. The normalized spacial score (nSPS) is 17.9. The Morgan fingerprint density at radius 1 is 1.31 bits per heavy atom. The van der Waals surface area contributed by atoms with Gasteiger partial charge in [-0.1, -0.05) is 19.4 Å². The number of benzene rings is 1. The summed E-state index contributed by atoms with van der Waals surface area (Å²) in [5.41, 5.74) is 3.12. The van der Waals surface area contributed by atoms with Crippen LogP contribution in [-0.2, 0) is 6.54 Å². The summed E-state index contributed by atoms with van der Waals surface area (Å²) >= 11 is 3.55. The zero-order valence-electron chi connectivity index (χ0n) is 16.6. The summed E-state index contributed by atoms with van der Waals surface area (Å²) < 4.78 is 0. The average molecular weight is 426 g/mol. The Morgan fingerprint density at radius 3 is 2.97 bits per heavy atom. The maximum atomic E-state index is 12.2. The van der Waals surface area contributed by atoms with Gasteiger partial charge in [-0.25, -0.2) is 4.99 Å². The SMILES string of the molecule is CCCCSCSC1=C(C#N)N=C(c2ccc3c(c2)CN(C)C3=O)N2CCN=C12. The van der Waals surface area contributed by atoms with E-state index in [0.717, 1.165) is 50.6 Å². The minimum Gasteiger partial charge on any atom is -0.337 e. The number of nitrogens with zero attached hydrogens (tertiary/aromatic N) is 5. The number of thioether (sulfide) groups is 2. The van der Waals surface area contributed by atoms with E-state index in [2.05, 4.69) is 22.9 Å². The quantitative estimate of drug-likeness (QED) is 0.492. The fourth-order valence-corrected chi connectivity index (χ4v) is 5.91. The Hall–Kier alpha value is -2.24. The van der Waals surface area contributed by atoms with E-state index in [4.69, 9.17) is 4.99 Å². The van der Waals surface area contributed by atoms with E-state index in [1.54, 1.807) is 16.7 Å². The fourth-order valence-electron chi connectivity index (χ4n) is 3.61. The van der Waals surface area contributed by atoms with Crippen LogP contribution < -0.4 is 0 Å². The van der Waals surface area contributed by atoms with Crippen molar-refractivity contribution in [3.63, 3.8) is 0 Å². The molecule has 0 unspecified atom stereocenters. The van der Waals surface area contributed by atoms with Crippen LogP contribution in [0, 0.1) is 11.3 Å². The van der Waals surface area contributed by atoms with E-state index in [-0.39, 0.29) is 5.91 Å². The Morgan fingerprint density at radius 2 is 2.17 bits per heavy atom. The van der Waals surface area contributed by atoms with Gasteiger partial charge in [-0.3, -0.25) is 9.79 Å². The number of aliphatic imine (C=N–C) groups is 2. The van der Waals surface area contributed by atoms with E-state index in [1.807, 2.05) is 37.0 Å². The molecule has 0 aliphatic carbocycles. The van der Waals surface area contributed by atoms with Crippen LogP contribution in [-0.4, -0.2) is 58.4 Å². The van der Waals surface area contributed by atoms with Crippen LogP contribution in [0.25, 0.3) is 0 Å². The summed E-state index contributed by atoms with van der Waals surface area (Å²) in [5.74, 6) is 2.80. The first-order valence-electron chi connectivity index (χ1n) is 9.78. The van der Waals surface area contributed by atoms with Gasteiger partial charge in [0.25, 0.3) is 5.91 Å². The van der Waals surface area contributed by atoms with E-state index < -0.39 is 0 Å². The maximum Gasteiger partial charge on any atom is 0.254 e. The van der Waals surface area contributed by atoms with Crippen molar-refractivity contribution in [2.45, 2.75) is 26.3 Å². The molecule has 3 aliphatic rings. The van der Waals surface area contributed by atoms with Gasteiger partial charge in [-0.05, 0) is 29.9 Å². The molecule has 1 aromatic rings. The van der Waals surface area contributed by atoms with Crippen LogP contribution in [0.2, 0.25) is 0 Å². The number of nitriles is 1. The fraction of sp³-hybridized carbons (Fsp3) is 0.429. The van der Waals surface area contributed by atoms with E-state index in [0.29, 0.717) is 18.8 Å². The van der Waals surface area contributed by atoms with Gasteiger partial charge in [-0.15, -0.1) is 11.8 Å². The number of unbranched alkanes of at least 4 members (excludes halogenated alkanes) is 1. The summed E-state index contributed by atoms with van der Waals surface area (Å²) in [6, 6.07) is 8.10. The molecule has 150 valence electrons. The van der Waals surface area contributed by atoms with Crippen molar-refractivity contribution in [3.05, 3.63) is 45.5 Å². The molecule has 8 heteroatoms. The largest absolute Gasteiger partial charge is 0.337 e. The molecule has 0 N–H and O–H groups in total. The first kappa shape index (κ1) is 20.0. The zero-order chi connectivity index (χ0) is 20.4. The van der Waals surface area contributed by atoms with Gasteiger partial charge < -0.3 is 9.80 Å². The molecule has 0 saturated heterocycles. The van der Waals surface area contributed by atoms with Gasteiger partial charge in [0.05, 0.1) is 11.4 Å². The summed E-state index contributed by atoms with van der Waals surface area (Å²) in [5, 5.41) is 10.6. The molecule has 0 fully saturated rings. The first-order chi connectivity index (χ1) is 14.1. The molecule has 0 spiro atoms. The molecule has 1 amide bonds. The van der Waals surface area contributed by atoms with Gasteiger partial charge in [0.1, 0.15) is 17.7 Å². The van der Waals surface area contributed by atoms with Crippen molar-refractivity contribution in [1.29, 1.82) is 5.26 Å². The Balaban J connectivity index is 1.63. The molecular formula is C21H23N5OS2. The van der Waals surface area contributed by atoms with Gasteiger partial charge in [0.15, 0.2) is 5.70 Å². The number of hydrogen-bond donors (Lipinski definition) is 0. The van der Waals surface area contributed by atoms with Crippen LogP contribution in [0.1, 0.15) is 41.3 Å². The molecule has 0 atom stereocenters. The predicted octanol–water partition coefficient (Wildman–Crippen LogP) is 3.71. The third-order valence-electron chi connectivity index (χ3n) is 5.12. The number of rotatable bonds is 7. The summed E-state index contributed by atoms with van der Waals surface area (Å²) in [4.78, 5) is 26.3. The van der Waals surface area contributed by atoms with Crippen molar-refractivity contribution in [1.82, 2.24) is 9.80 Å². The average Bonchev–Trinajstić information content (AvgIpc) is 3.32. The van der Waals surface area contributed by atoms with Crippen LogP contribution in [0.4, 0.5) is 0 Å². The highest BCUT2D eigenvalue weighted by Crippen LogP contribution is 2.34. The second-order valence-corrected chi connectivity index (χ2v) is 9.60. The van der Waals surface area contributed by atoms with Crippen LogP contribution in [0.15, 0.2) is 38.8 Å². The first-order valence-corrected chi connectivity index (χ1v) is 11.9. The third kappa shape index (κ3) is 3.81. The third-order valence-corrected chi connectivity index (χ3v) is 7.50. The molecule has 0 aromatic heterocycles. The Bertz CT molecular complexity index is 976. The summed E-state index contributed by atoms with van der Waals surface area (Å²) in [6.45, 7) is 4.26. The van der Waals surface area contributed by atoms with Crippen LogP contribution >= 0.6 is 23.5 Å². The van der Waals surface area contributed by atoms with Crippen molar-refractivity contribution in [3.8, 4) is 6.07 Å². The number of allylic oxidation sites excluding steroid dienone is 1. The van der Waals surface area contributed by atoms with Gasteiger partial charge in [0, 0.05) is 36.3 Å². The minimum atomic E-state index is 0.0532. The number of amidine groups is 2. The van der Waals surface area contributed by atoms with Gasteiger partial charge >= 0.3 is 0 Å². The van der Waals surface area contributed by atoms with E-state index >= 15 is 0 Å². The highest BCUT2D eigenvalue weighted by Gasteiger charge is 2.33. The molecule has 1 aromatic carbocycles. The highest BCUT2D eigenvalue weighted by molar-refractivity contribution is 8.18. The number of carbonyl (C=O) groups is 1. The minimum absolute atomic E-state index is 0.0532. The van der Waals surface area contributed by atoms with Crippen LogP contribution in [0.5, 0.6) is 0 Å². The van der Waals surface area contributed by atoms with Crippen LogP contribution in [0.3, 0.4) is 0 Å². The second kappa shape index (κ2) is 8.64. The van der Waals surface area contributed by atoms with E-state index in [1.165, 1.54) is 12.8 Å². The summed E-state index contributed by atoms with van der Waals surface area (Å²) in [6.07, 6.45) is 2.40. The zero-order valence-corrected chi connectivity index (χ0v) is 18.3. The molecule has 0 bridgehead atoms. The molecule has 6 nitrogen and oxygen atoms in total. The van der Waals surface area contributed by atoms with Crippen molar-refractivity contribution < 1.29 is 4.79 Å². The molecule has 0 saturated carbocycles. The highest BCUT2D eigenvalue weighted by atomic mass is 32.2. The Labute approximate surface area is 179 Å². The maximum absolute atomic E-state index is 12.2. The molecule has 3 aliphatic heterocycles. The second-order valence-electron chi connectivity index (χ2n) is 7.14. The van der Waals surface area contributed by atoms with Crippen molar-refractivity contribution >= 4 is 41.1 Å². The van der Waals surface area contributed by atoms with Crippen molar-refractivity contribution in [2.24, 2.45) is 9.98 Å². The lowest BCUT2D eigenvalue weighted by atomic mass is 10.0. The summed E-state index contributed by atoms with van der Waals surface area (Å²) in [7, 11) is 1.81. The smallest absolute Gasteiger partial charge is 0.254 e. The van der Waals surface area contributed by atoms with E-state index in [9.17, 15) is 10.1 Å². The molecule has 0 radical (unpaired) electrons. The number of hydrogen-bond acceptors (Lipinski definition) is 7. The number of amides is 1. The van der Waals surface area contributed by atoms with Gasteiger partial charge in [-0.2, -0.15) is 17.0 Å². The number of fused-ring (bicyclic) bond motifs is 2. The van der Waals surface area contributed by atoms with Crippen molar-refractivity contribution in [2.75, 3.05) is 31.0 Å². The van der Waals surface area contributed by atoms with Gasteiger partial charge in [0.2, 0.25) is 0 Å². The molecule has 3 heterocycles. The number of carbonyl (C=O) groups excluding carboxylic acids is 1. The lowest BCUT2D eigenvalue weighted by Crippen LogP contribution is -2.38. The monoisotopic (exact) mass is 425 g/mol. The molecule has 29 heavy (non-hydrogen) atoms. The molecular weight excluding hydrogens is 402 g/mol. The topological polar surface area (TPSA) is 72.1 Å². The lowest BCUT2D eigenvalue weighted by molar-refractivity contribution is 0.0816. The standard InChI is InChI=1S/C21H23N5OS2/c1-3-4-9-28-13-29-18-17(11-22)24-19(26-8-7-23-20(18)26)14-5-6-16-15(10-14)12-25(2)21(16)27/h5-6,10H,3-4,7-9,12-13H2,1-2H3.